The molecule has 0 aliphatic carbocycles. The summed E-state index contributed by atoms with van der Waals surface area (Å²) in [6.45, 7) is 4.02. The smallest absolute Gasteiger partial charge is 0.230 e. The van der Waals surface area contributed by atoms with E-state index in [-0.39, 0.29) is 17.7 Å². The molecule has 0 saturated carbocycles. The first kappa shape index (κ1) is 21.2. The number of ether oxygens (including phenoxy) is 1. The van der Waals surface area contributed by atoms with Crippen molar-refractivity contribution in [2.45, 2.75) is 31.5 Å². The number of hydrogen-bond donors (Lipinski definition) is 1. The molecule has 29 heavy (non-hydrogen) atoms. The summed E-state index contributed by atoms with van der Waals surface area (Å²) in [6, 6.07) is 15.2. The molecule has 1 amide bonds. The lowest BCUT2D eigenvalue weighted by Gasteiger charge is -2.12. The van der Waals surface area contributed by atoms with E-state index in [9.17, 15) is 4.79 Å². The molecule has 1 atom stereocenters. The second kappa shape index (κ2) is 9.80. The van der Waals surface area contributed by atoms with Gasteiger partial charge in [-0.25, -0.2) is 0 Å². The van der Waals surface area contributed by atoms with Crippen LogP contribution in [0.15, 0.2) is 53.7 Å². The van der Waals surface area contributed by atoms with Crippen LogP contribution in [0.3, 0.4) is 0 Å². The van der Waals surface area contributed by atoms with Crippen LogP contribution in [0.4, 0.5) is 0 Å². The molecule has 0 aliphatic heterocycles. The number of nitrogens with one attached hydrogen (secondary N) is 1. The van der Waals surface area contributed by atoms with Gasteiger partial charge in [-0.15, -0.1) is 10.2 Å². The van der Waals surface area contributed by atoms with Crippen LogP contribution in [0.25, 0.3) is 17.1 Å². The SMILES string of the molecule is CC[C@H](C)NC(=O)CSc1nnc(-c2cccc(OC)c2)n1-c1ccc(Cl)cc1. The Hall–Kier alpha value is -2.51. The predicted molar refractivity (Wildman–Crippen MR) is 117 cm³/mol. The molecule has 2 aromatic carbocycles. The van der Waals surface area contributed by atoms with E-state index in [0.717, 1.165) is 23.4 Å². The summed E-state index contributed by atoms with van der Waals surface area (Å²) in [4.78, 5) is 12.2. The third kappa shape index (κ3) is 5.31. The van der Waals surface area contributed by atoms with E-state index in [1.807, 2.05) is 66.9 Å². The van der Waals surface area contributed by atoms with Crippen molar-refractivity contribution in [1.82, 2.24) is 20.1 Å². The van der Waals surface area contributed by atoms with Crippen LogP contribution in [0.1, 0.15) is 20.3 Å². The summed E-state index contributed by atoms with van der Waals surface area (Å²) in [6.07, 6.45) is 0.886. The molecule has 0 radical (unpaired) electrons. The molecular weight excluding hydrogens is 408 g/mol. The highest BCUT2D eigenvalue weighted by Gasteiger charge is 2.18. The van der Waals surface area contributed by atoms with E-state index in [0.29, 0.717) is 16.0 Å². The Balaban J connectivity index is 1.95. The van der Waals surface area contributed by atoms with Gasteiger partial charge in [0.1, 0.15) is 5.75 Å². The summed E-state index contributed by atoms with van der Waals surface area (Å²) in [7, 11) is 1.63. The summed E-state index contributed by atoms with van der Waals surface area (Å²) >= 11 is 7.40. The standard InChI is InChI=1S/C21H23ClN4O2S/c1-4-14(2)23-19(27)13-29-21-25-24-20(15-6-5-7-18(12-15)28-3)26(21)17-10-8-16(22)9-11-17/h5-12,14H,4,13H2,1-3H3,(H,23,27)/t14-/m0/s1. The third-order valence-electron chi connectivity index (χ3n) is 4.40. The summed E-state index contributed by atoms with van der Waals surface area (Å²) in [5, 5.41) is 13.0. The lowest BCUT2D eigenvalue weighted by Crippen LogP contribution is -2.33. The lowest BCUT2D eigenvalue weighted by molar-refractivity contribution is -0.119. The zero-order valence-electron chi connectivity index (χ0n) is 16.6. The molecule has 0 fully saturated rings. The largest absolute Gasteiger partial charge is 0.497 e. The highest BCUT2D eigenvalue weighted by molar-refractivity contribution is 7.99. The average Bonchev–Trinajstić information content (AvgIpc) is 3.16. The Morgan fingerprint density at radius 3 is 2.69 bits per heavy atom. The minimum atomic E-state index is -0.0297. The van der Waals surface area contributed by atoms with E-state index in [1.54, 1.807) is 7.11 Å². The minimum absolute atomic E-state index is 0.0297. The number of hydrogen-bond acceptors (Lipinski definition) is 5. The van der Waals surface area contributed by atoms with Gasteiger partial charge in [0.15, 0.2) is 11.0 Å². The first-order valence-corrected chi connectivity index (χ1v) is 10.7. The quantitative estimate of drug-likeness (QED) is 0.529. The van der Waals surface area contributed by atoms with E-state index in [1.165, 1.54) is 11.8 Å². The molecule has 0 spiro atoms. The zero-order chi connectivity index (χ0) is 20.8. The van der Waals surface area contributed by atoms with E-state index in [2.05, 4.69) is 15.5 Å². The monoisotopic (exact) mass is 430 g/mol. The minimum Gasteiger partial charge on any atom is -0.497 e. The van der Waals surface area contributed by atoms with Crippen LogP contribution >= 0.6 is 23.4 Å². The topological polar surface area (TPSA) is 69.0 Å². The average molecular weight is 431 g/mol. The van der Waals surface area contributed by atoms with Crippen molar-refractivity contribution in [1.29, 1.82) is 0 Å². The number of aromatic nitrogens is 3. The van der Waals surface area contributed by atoms with Crippen molar-refractivity contribution < 1.29 is 9.53 Å². The van der Waals surface area contributed by atoms with Crippen LogP contribution in [0.2, 0.25) is 5.02 Å². The highest BCUT2D eigenvalue weighted by Crippen LogP contribution is 2.30. The Bertz CT molecular complexity index is 975. The van der Waals surface area contributed by atoms with Gasteiger partial charge in [-0.2, -0.15) is 0 Å². The summed E-state index contributed by atoms with van der Waals surface area (Å²) < 4.78 is 7.26. The Morgan fingerprint density at radius 2 is 2.00 bits per heavy atom. The van der Waals surface area contributed by atoms with E-state index >= 15 is 0 Å². The number of nitrogens with zero attached hydrogens (tertiary/aromatic N) is 3. The van der Waals surface area contributed by atoms with Crippen molar-refractivity contribution in [3.63, 3.8) is 0 Å². The van der Waals surface area contributed by atoms with Crippen molar-refractivity contribution >= 4 is 29.3 Å². The predicted octanol–water partition coefficient (Wildman–Crippen LogP) is 4.60. The number of benzene rings is 2. The lowest BCUT2D eigenvalue weighted by atomic mass is 10.2. The molecule has 0 saturated heterocycles. The summed E-state index contributed by atoms with van der Waals surface area (Å²) in [5.74, 6) is 1.62. The van der Waals surface area contributed by atoms with Gasteiger partial charge in [-0.1, -0.05) is 42.4 Å². The third-order valence-corrected chi connectivity index (χ3v) is 5.58. The van der Waals surface area contributed by atoms with E-state index in [4.69, 9.17) is 16.3 Å². The number of carbonyl (C=O) groups excluding carboxylic acids is 1. The molecule has 0 bridgehead atoms. The fourth-order valence-electron chi connectivity index (χ4n) is 2.68. The number of methoxy groups -OCH3 is 1. The van der Waals surface area contributed by atoms with Crippen LogP contribution in [0.5, 0.6) is 5.75 Å². The second-order valence-corrected chi connectivity index (χ2v) is 7.89. The Kier molecular flexibility index (Phi) is 7.17. The molecule has 1 aromatic heterocycles. The molecular formula is C21H23ClN4O2S. The van der Waals surface area contributed by atoms with Crippen LogP contribution < -0.4 is 10.1 Å². The normalized spacial score (nSPS) is 11.9. The van der Waals surface area contributed by atoms with Gasteiger partial charge in [-0.3, -0.25) is 9.36 Å². The van der Waals surface area contributed by atoms with Gasteiger partial charge in [0.05, 0.1) is 12.9 Å². The van der Waals surface area contributed by atoms with E-state index < -0.39 is 0 Å². The first-order valence-electron chi connectivity index (χ1n) is 9.29. The fourth-order valence-corrected chi connectivity index (χ4v) is 3.57. The molecule has 1 heterocycles. The maximum absolute atomic E-state index is 12.2. The molecule has 3 rings (SSSR count). The van der Waals surface area contributed by atoms with Crippen molar-refractivity contribution in [3.8, 4) is 22.8 Å². The Morgan fingerprint density at radius 1 is 1.24 bits per heavy atom. The maximum Gasteiger partial charge on any atom is 0.230 e. The molecule has 0 aliphatic rings. The molecule has 1 N–H and O–H groups in total. The van der Waals surface area contributed by atoms with Gasteiger partial charge >= 0.3 is 0 Å². The molecule has 8 heteroatoms. The van der Waals surface area contributed by atoms with Crippen molar-refractivity contribution in [2.75, 3.05) is 12.9 Å². The molecule has 152 valence electrons. The fraction of sp³-hybridized carbons (Fsp3) is 0.286. The van der Waals surface area contributed by atoms with Gasteiger partial charge in [-0.05, 0) is 49.7 Å². The molecule has 0 unspecified atom stereocenters. The molecule has 6 nitrogen and oxygen atoms in total. The van der Waals surface area contributed by atoms with Crippen molar-refractivity contribution in [2.24, 2.45) is 0 Å². The maximum atomic E-state index is 12.2. The first-order chi connectivity index (χ1) is 14.0. The van der Waals surface area contributed by atoms with Crippen molar-refractivity contribution in [3.05, 3.63) is 53.6 Å². The van der Waals surface area contributed by atoms with Crippen LogP contribution in [0, 0.1) is 0 Å². The zero-order valence-corrected chi connectivity index (χ0v) is 18.1. The van der Waals surface area contributed by atoms with Gasteiger partial charge in [0.25, 0.3) is 0 Å². The van der Waals surface area contributed by atoms with Gasteiger partial charge < -0.3 is 10.1 Å². The highest BCUT2D eigenvalue weighted by atomic mass is 35.5. The van der Waals surface area contributed by atoms with Gasteiger partial charge in [0.2, 0.25) is 5.91 Å². The van der Waals surface area contributed by atoms with Crippen LogP contribution in [-0.2, 0) is 4.79 Å². The number of amides is 1. The number of halogens is 1. The number of rotatable bonds is 8. The molecule has 3 aromatic rings. The number of carbonyl (C=O) groups is 1. The second-order valence-electron chi connectivity index (χ2n) is 6.52. The van der Waals surface area contributed by atoms with Gasteiger partial charge in [0, 0.05) is 22.3 Å². The van der Waals surface area contributed by atoms with Crippen LogP contribution in [-0.4, -0.2) is 39.6 Å². The Labute approximate surface area is 179 Å². The number of thioether (sulfide) groups is 1. The summed E-state index contributed by atoms with van der Waals surface area (Å²) in [5.41, 5.74) is 1.73.